The summed E-state index contributed by atoms with van der Waals surface area (Å²) in [7, 11) is 0. The molecule has 1 saturated carbocycles. The van der Waals surface area contributed by atoms with Crippen LogP contribution in [0.3, 0.4) is 0 Å². The molecule has 1 aromatic rings. The molecule has 1 aliphatic carbocycles. The van der Waals surface area contributed by atoms with E-state index in [1.54, 1.807) is 0 Å². The molecule has 16 heavy (non-hydrogen) atoms. The Balaban J connectivity index is 1.95. The number of hydrogen-bond donors (Lipinski definition) is 1. The molecule has 0 aliphatic heterocycles. The second kappa shape index (κ2) is 4.67. The van der Waals surface area contributed by atoms with E-state index < -0.39 is 0 Å². The predicted molar refractivity (Wildman–Crippen MR) is 59.6 cm³/mol. The van der Waals surface area contributed by atoms with Gasteiger partial charge in [0.2, 0.25) is 0 Å². The van der Waals surface area contributed by atoms with E-state index in [1.807, 2.05) is 13.8 Å². The number of nitriles is 1. The highest BCUT2D eigenvalue weighted by Gasteiger charge is 2.26. The minimum absolute atomic E-state index is 0.167. The number of rotatable bonds is 3. The summed E-state index contributed by atoms with van der Waals surface area (Å²) in [6.07, 6.45) is 3.27. The van der Waals surface area contributed by atoms with Crippen molar-refractivity contribution in [3.05, 3.63) is 17.0 Å². The van der Waals surface area contributed by atoms with Gasteiger partial charge in [-0.05, 0) is 26.7 Å². The van der Waals surface area contributed by atoms with Crippen molar-refractivity contribution < 1.29 is 4.52 Å². The quantitative estimate of drug-likeness (QED) is 0.845. The van der Waals surface area contributed by atoms with Crippen LogP contribution in [-0.4, -0.2) is 11.2 Å². The molecule has 0 saturated heterocycles. The topological polar surface area (TPSA) is 61.9 Å². The maximum absolute atomic E-state index is 8.98. The SMILES string of the molecule is Cc1noc(C)c1CNC1CCCC1C#N. The molecule has 2 rings (SSSR count). The van der Waals surface area contributed by atoms with Gasteiger partial charge < -0.3 is 9.84 Å². The normalized spacial score (nSPS) is 24.6. The van der Waals surface area contributed by atoms with Crippen molar-refractivity contribution in [2.75, 3.05) is 0 Å². The number of hydrogen-bond acceptors (Lipinski definition) is 4. The lowest BCUT2D eigenvalue weighted by Gasteiger charge is -2.15. The van der Waals surface area contributed by atoms with Crippen LogP contribution in [0.1, 0.15) is 36.3 Å². The minimum Gasteiger partial charge on any atom is -0.361 e. The average molecular weight is 219 g/mol. The van der Waals surface area contributed by atoms with Crippen LogP contribution < -0.4 is 5.32 Å². The first-order valence-electron chi connectivity index (χ1n) is 5.77. The predicted octanol–water partition coefficient (Wildman–Crippen LogP) is 2.07. The van der Waals surface area contributed by atoms with E-state index in [2.05, 4.69) is 16.5 Å². The fourth-order valence-electron chi connectivity index (χ4n) is 2.35. The zero-order valence-electron chi connectivity index (χ0n) is 9.79. The van der Waals surface area contributed by atoms with Gasteiger partial charge in [-0.15, -0.1) is 0 Å². The Hall–Kier alpha value is -1.34. The van der Waals surface area contributed by atoms with E-state index in [0.717, 1.165) is 42.8 Å². The summed E-state index contributed by atoms with van der Waals surface area (Å²) in [6, 6.07) is 2.70. The largest absolute Gasteiger partial charge is 0.361 e. The van der Waals surface area contributed by atoms with E-state index in [-0.39, 0.29) is 5.92 Å². The molecule has 4 nitrogen and oxygen atoms in total. The highest BCUT2D eigenvalue weighted by atomic mass is 16.5. The monoisotopic (exact) mass is 219 g/mol. The first kappa shape index (κ1) is 11.2. The molecule has 1 aliphatic rings. The summed E-state index contributed by atoms with van der Waals surface area (Å²) < 4.78 is 5.11. The van der Waals surface area contributed by atoms with Crippen LogP contribution in [0.4, 0.5) is 0 Å². The molecule has 1 aromatic heterocycles. The van der Waals surface area contributed by atoms with Crippen molar-refractivity contribution in [1.82, 2.24) is 10.5 Å². The Labute approximate surface area is 95.6 Å². The van der Waals surface area contributed by atoms with Crippen LogP contribution in [0.25, 0.3) is 0 Å². The van der Waals surface area contributed by atoms with Gasteiger partial charge in [-0.3, -0.25) is 0 Å². The zero-order chi connectivity index (χ0) is 11.5. The van der Waals surface area contributed by atoms with Gasteiger partial charge in [0.1, 0.15) is 5.76 Å². The first-order chi connectivity index (χ1) is 7.72. The average Bonchev–Trinajstić information content (AvgIpc) is 2.84. The van der Waals surface area contributed by atoms with Crippen molar-refractivity contribution in [3.63, 3.8) is 0 Å². The fraction of sp³-hybridized carbons (Fsp3) is 0.667. The van der Waals surface area contributed by atoms with E-state index in [4.69, 9.17) is 9.78 Å². The third-order valence-electron chi connectivity index (χ3n) is 3.40. The van der Waals surface area contributed by atoms with Crippen molar-refractivity contribution >= 4 is 0 Å². The summed E-state index contributed by atoms with van der Waals surface area (Å²) in [5, 5.41) is 16.3. The number of aryl methyl sites for hydroxylation is 2. The maximum atomic E-state index is 8.98. The molecular formula is C12H17N3O. The summed E-state index contributed by atoms with van der Waals surface area (Å²) in [5.41, 5.74) is 2.07. The number of nitrogens with zero attached hydrogens (tertiary/aromatic N) is 2. The molecule has 0 aromatic carbocycles. The Morgan fingerprint density at radius 3 is 2.94 bits per heavy atom. The molecule has 1 N–H and O–H groups in total. The van der Waals surface area contributed by atoms with E-state index in [0.29, 0.717) is 6.04 Å². The summed E-state index contributed by atoms with van der Waals surface area (Å²) in [4.78, 5) is 0. The minimum atomic E-state index is 0.167. The Bertz CT molecular complexity index is 385. The summed E-state index contributed by atoms with van der Waals surface area (Å²) in [6.45, 7) is 4.63. The van der Waals surface area contributed by atoms with Crippen LogP contribution in [0.15, 0.2) is 4.52 Å². The van der Waals surface area contributed by atoms with Gasteiger partial charge in [-0.2, -0.15) is 5.26 Å². The van der Waals surface area contributed by atoms with Crippen LogP contribution in [0, 0.1) is 31.1 Å². The van der Waals surface area contributed by atoms with Gasteiger partial charge >= 0.3 is 0 Å². The van der Waals surface area contributed by atoms with Crippen LogP contribution in [-0.2, 0) is 6.54 Å². The van der Waals surface area contributed by atoms with Gasteiger partial charge in [0.25, 0.3) is 0 Å². The van der Waals surface area contributed by atoms with Gasteiger partial charge in [0.15, 0.2) is 0 Å². The first-order valence-corrected chi connectivity index (χ1v) is 5.77. The van der Waals surface area contributed by atoms with Crippen molar-refractivity contribution in [1.29, 1.82) is 5.26 Å². The van der Waals surface area contributed by atoms with Crippen LogP contribution >= 0.6 is 0 Å². The van der Waals surface area contributed by atoms with E-state index >= 15 is 0 Å². The van der Waals surface area contributed by atoms with Crippen molar-refractivity contribution in [3.8, 4) is 6.07 Å². The van der Waals surface area contributed by atoms with E-state index in [1.165, 1.54) is 0 Å². The van der Waals surface area contributed by atoms with Crippen LogP contribution in [0.2, 0.25) is 0 Å². The number of aromatic nitrogens is 1. The Morgan fingerprint density at radius 1 is 1.50 bits per heavy atom. The van der Waals surface area contributed by atoms with Crippen molar-refractivity contribution in [2.45, 2.75) is 45.7 Å². The molecular weight excluding hydrogens is 202 g/mol. The van der Waals surface area contributed by atoms with Gasteiger partial charge in [-0.1, -0.05) is 11.6 Å². The lowest BCUT2D eigenvalue weighted by Crippen LogP contribution is -2.31. The lowest BCUT2D eigenvalue weighted by atomic mass is 10.1. The van der Waals surface area contributed by atoms with Gasteiger partial charge in [-0.25, -0.2) is 0 Å². The summed E-state index contributed by atoms with van der Waals surface area (Å²) >= 11 is 0. The highest BCUT2D eigenvalue weighted by molar-refractivity contribution is 5.20. The highest BCUT2D eigenvalue weighted by Crippen LogP contribution is 2.25. The molecule has 0 amide bonds. The third-order valence-corrected chi connectivity index (χ3v) is 3.40. The molecule has 2 unspecified atom stereocenters. The summed E-state index contributed by atoms with van der Waals surface area (Å²) in [5.74, 6) is 1.04. The molecule has 1 fully saturated rings. The standard InChI is InChI=1S/C12H17N3O/c1-8-11(9(2)16-15-8)7-14-12-5-3-4-10(12)6-13/h10,12,14H,3-5,7H2,1-2H3. The van der Waals surface area contributed by atoms with E-state index in [9.17, 15) is 0 Å². The zero-order valence-corrected chi connectivity index (χ0v) is 9.79. The molecule has 0 bridgehead atoms. The molecule has 0 radical (unpaired) electrons. The molecule has 0 spiro atoms. The lowest BCUT2D eigenvalue weighted by molar-refractivity contribution is 0.390. The maximum Gasteiger partial charge on any atom is 0.138 e. The molecule has 2 atom stereocenters. The Kier molecular flexibility index (Phi) is 3.25. The second-order valence-corrected chi connectivity index (χ2v) is 4.46. The van der Waals surface area contributed by atoms with Crippen molar-refractivity contribution in [2.24, 2.45) is 5.92 Å². The van der Waals surface area contributed by atoms with Crippen LogP contribution in [0.5, 0.6) is 0 Å². The molecule has 86 valence electrons. The second-order valence-electron chi connectivity index (χ2n) is 4.46. The third kappa shape index (κ3) is 2.10. The fourth-order valence-corrected chi connectivity index (χ4v) is 2.35. The smallest absolute Gasteiger partial charge is 0.138 e. The van der Waals surface area contributed by atoms with Gasteiger partial charge in [0.05, 0.1) is 17.7 Å². The Morgan fingerprint density at radius 2 is 2.31 bits per heavy atom. The number of nitrogens with one attached hydrogen (secondary N) is 1. The van der Waals surface area contributed by atoms with Gasteiger partial charge in [0, 0.05) is 18.2 Å². The molecule has 4 heteroatoms. The molecule has 1 heterocycles.